The molecule has 0 radical (unpaired) electrons. The van der Waals surface area contributed by atoms with E-state index in [4.69, 9.17) is 14.2 Å². The van der Waals surface area contributed by atoms with Crippen molar-refractivity contribution in [3.05, 3.63) is 35.7 Å². The van der Waals surface area contributed by atoms with Gasteiger partial charge in [0.05, 0.1) is 18.6 Å². The van der Waals surface area contributed by atoms with Crippen molar-refractivity contribution in [1.82, 2.24) is 9.55 Å². The van der Waals surface area contributed by atoms with Gasteiger partial charge in [-0.25, -0.2) is 9.37 Å². The highest BCUT2D eigenvalue weighted by molar-refractivity contribution is 5.95. The Balaban J connectivity index is 1.54. The minimum atomic E-state index is -1.72. The average molecular weight is 501 g/mol. The second-order valence-corrected chi connectivity index (χ2v) is 12.6. The third-order valence-corrected chi connectivity index (χ3v) is 9.90. The van der Waals surface area contributed by atoms with Gasteiger partial charge in [-0.3, -0.25) is 9.36 Å². The number of rotatable bonds is 4. The van der Waals surface area contributed by atoms with Crippen LogP contribution in [0.15, 0.2) is 35.7 Å². The number of aromatic nitrogens is 2. The molecular weight excluding hydrogens is 463 g/mol. The van der Waals surface area contributed by atoms with Crippen molar-refractivity contribution >= 4 is 5.78 Å². The van der Waals surface area contributed by atoms with Crippen LogP contribution in [0, 0.1) is 34.5 Å². The fourth-order valence-corrected chi connectivity index (χ4v) is 8.08. The number of alkyl halides is 1. The summed E-state index contributed by atoms with van der Waals surface area (Å²) in [6.07, 6.45) is 6.34. The van der Waals surface area contributed by atoms with E-state index in [0.29, 0.717) is 5.92 Å². The minimum Gasteiger partial charge on any atom is -0.454 e. The number of aliphatic hydroxyl groups is 1. The lowest BCUT2D eigenvalue weighted by Crippen LogP contribution is -2.68. The molecule has 8 atom stereocenters. The van der Waals surface area contributed by atoms with Crippen LogP contribution in [-0.2, 0) is 20.8 Å². The first-order chi connectivity index (χ1) is 16.9. The lowest BCUT2D eigenvalue weighted by Gasteiger charge is -2.52. The van der Waals surface area contributed by atoms with Gasteiger partial charge in [0.1, 0.15) is 12.8 Å². The van der Waals surface area contributed by atoms with Gasteiger partial charge in [-0.05, 0) is 61.5 Å². The normalized spacial score (nSPS) is 43.8. The molecule has 1 unspecified atom stereocenters. The maximum atomic E-state index is 14.7. The lowest BCUT2D eigenvalue weighted by molar-refractivity contribution is -0.301. The number of fused-ring (bicyclic) bond motifs is 5. The van der Waals surface area contributed by atoms with E-state index >= 15 is 0 Å². The van der Waals surface area contributed by atoms with Crippen LogP contribution in [0.2, 0.25) is 0 Å². The van der Waals surface area contributed by atoms with Crippen molar-refractivity contribution in [2.24, 2.45) is 34.5 Å². The number of ether oxygens (including phenoxy) is 3. The van der Waals surface area contributed by atoms with Gasteiger partial charge in [0, 0.05) is 18.3 Å². The van der Waals surface area contributed by atoms with Gasteiger partial charge >= 0.3 is 0 Å². The Morgan fingerprint density at radius 1 is 1.31 bits per heavy atom. The zero-order valence-electron chi connectivity index (χ0n) is 22.0. The number of ketones is 1. The van der Waals surface area contributed by atoms with E-state index < -0.39 is 35.7 Å². The number of aryl methyl sites for hydroxylation is 1. The number of halogens is 1. The standard InChI is InChI=1S/C28H37FN2O5/c1-15-13-27-16(2)11-19-20(25(19,3)4)18(21(27)32)12-17-14-34-26(5,6)36-23(17)28(27,33)22(15)35-24-30-8-10-31(24)9-7-29/h8,10,12-13,16,18-20,22-23,33H,7,9,11,14H2,1-6H3/t16-,18+,19-,20+,22+,23-,27?,28-/m1/s1. The van der Waals surface area contributed by atoms with Gasteiger partial charge in [-0.2, -0.15) is 0 Å². The van der Waals surface area contributed by atoms with Crippen LogP contribution in [0.5, 0.6) is 6.01 Å². The van der Waals surface area contributed by atoms with E-state index in [9.17, 15) is 14.3 Å². The first kappa shape index (κ1) is 24.3. The topological polar surface area (TPSA) is 82.8 Å². The molecule has 0 aromatic carbocycles. The zero-order valence-corrected chi connectivity index (χ0v) is 22.0. The summed E-state index contributed by atoms with van der Waals surface area (Å²) in [7, 11) is 0. The van der Waals surface area contributed by atoms with Gasteiger partial charge < -0.3 is 19.3 Å². The van der Waals surface area contributed by atoms with Gasteiger partial charge in [0.15, 0.2) is 23.3 Å². The summed E-state index contributed by atoms with van der Waals surface area (Å²) in [5.74, 6) is -0.755. The van der Waals surface area contributed by atoms with E-state index in [2.05, 4.69) is 25.8 Å². The van der Waals surface area contributed by atoms with Gasteiger partial charge in [-0.1, -0.05) is 32.9 Å². The van der Waals surface area contributed by atoms with Crippen LogP contribution < -0.4 is 4.74 Å². The SMILES string of the molecule is CC1=CC23C(=O)[C@@H](C=C4COC(C)(C)O[C@H]4[C@]2(O)[C@H]1Oc1nccn1CCF)[C@H]1[C@@H](C[C@H]3C)C1(C)C. The highest BCUT2D eigenvalue weighted by Gasteiger charge is 2.77. The molecule has 5 aliphatic rings. The number of carbonyl (C=O) groups excluding carboxylic acids is 1. The molecule has 4 aliphatic carbocycles. The largest absolute Gasteiger partial charge is 0.454 e. The Morgan fingerprint density at radius 2 is 2.06 bits per heavy atom. The number of carbonyl (C=O) groups is 1. The highest BCUT2D eigenvalue weighted by atomic mass is 19.1. The fourth-order valence-electron chi connectivity index (χ4n) is 8.08. The number of allylic oxidation sites excluding steroid dienone is 1. The van der Waals surface area contributed by atoms with E-state index in [1.54, 1.807) is 17.0 Å². The predicted octanol–water partition coefficient (Wildman–Crippen LogP) is 3.87. The van der Waals surface area contributed by atoms with Crippen LogP contribution >= 0.6 is 0 Å². The number of imidazole rings is 1. The second-order valence-electron chi connectivity index (χ2n) is 12.6. The molecule has 1 N–H and O–H groups in total. The van der Waals surface area contributed by atoms with Crippen LogP contribution in [0.3, 0.4) is 0 Å². The first-order valence-corrected chi connectivity index (χ1v) is 13.1. The van der Waals surface area contributed by atoms with Gasteiger partial charge in [0.25, 0.3) is 6.01 Å². The second kappa shape index (κ2) is 7.51. The third kappa shape index (κ3) is 2.95. The van der Waals surface area contributed by atoms with E-state index in [1.807, 2.05) is 32.9 Å². The average Bonchev–Trinajstić information content (AvgIpc) is 3.06. The summed E-state index contributed by atoms with van der Waals surface area (Å²) < 4.78 is 33.7. The van der Waals surface area contributed by atoms with Gasteiger partial charge in [0.2, 0.25) is 0 Å². The summed E-state index contributed by atoms with van der Waals surface area (Å²) >= 11 is 0. The molecule has 7 nitrogen and oxygen atoms in total. The van der Waals surface area contributed by atoms with Crippen LogP contribution in [0.25, 0.3) is 0 Å². The fraction of sp³-hybridized carbons (Fsp3) is 0.714. The summed E-state index contributed by atoms with van der Waals surface area (Å²) in [5.41, 5.74) is -1.30. The predicted molar refractivity (Wildman–Crippen MR) is 130 cm³/mol. The number of Topliss-reactive ketones (excluding diaryl/α,β-unsaturated/α-hetero) is 1. The van der Waals surface area contributed by atoms with Crippen molar-refractivity contribution in [3.8, 4) is 6.01 Å². The monoisotopic (exact) mass is 500 g/mol. The summed E-state index contributed by atoms with van der Waals surface area (Å²) in [6, 6.07) is 0.214. The maximum Gasteiger partial charge on any atom is 0.297 e. The van der Waals surface area contributed by atoms with Crippen molar-refractivity contribution in [2.45, 2.75) is 78.1 Å². The molecule has 0 amide bonds. The molecule has 1 saturated heterocycles. The van der Waals surface area contributed by atoms with Crippen molar-refractivity contribution in [2.75, 3.05) is 13.3 Å². The van der Waals surface area contributed by atoms with E-state index in [1.165, 1.54) is 0 Å². The Kier molecular flexibility index (Phi) is 5.07. The molecule has 2 saturated carbocycles. The number of nitrogens with zero attached hydrogens (tertiary/aromatic N) is 2. The zero-order chi connectivity index (χ0) is 25.8. The molecule has 1 spiro atoms. The lowest BCUT2D eigenvalue weighted by atomic mass is 9.59. The molecule has 3 fully saturated rings. The summed E-state index contributed by atoms with van der Waals surface area (Å²) in [5, 5.41) is 13.0. The van der Waals surface area contributed by atoms with Crippen molar-refractivity contribution in [1.29, 1.82) is 0 Å². The number of hydrogen-bond donors (Lipinski definition) is 1. The highest BCUT2D eigenvalue weighted by Crippen LogP contribution is 2.72. The summed E-state index contributed by atoms with van der Waals surface area (Å²) in [6.45, 7) is 11.9. The molecule has 8 heteroatoms. The molecule has 2 heterocycles. The van der Waals surface area contributed by atoms with Gasteiger partial charge in [-0.15, -0.1) is 0 Å². The quantitative estimate of drug-likeness (QED) is 0.632. The molecule has 196 valence electrons. The number of hydrogen-bond acceptors (Lipinski definition) is 6. The molecule has 1 aliphatic heterocycles. The van der Waals surface area contributed by atoms with Crippen molar-refractivity contribution < 1.29 is 28.5 Å². The van der Waals surface area contributed by atoms with Crippen LogP contribution in [0.1, 0.15) is 48.0 Å². The minimum absolute atomic E-state index is 0.0384. The smallest absolute Gasteiger partial charge is 0.297 e. The summed E-state index contributed by atoms with van der Waals surface area (Å²) in [4.78, 5) is 19.0. The molecule has 2 bridgehead atoms. The molecule has 36 heavy (non-hydrogen) atoms. The van der Waals surface area contributed by atoms with Crippen LogP contribution in [-0.4, -0.2) is 57.3 Å². The Morgan fingerprint density at radius 3 is 2.78 bits per heavy atom. The molecular formula is C28H37FN2O5. The van der Waals surface area contributed by atoms with E-state index in [-0.39, 0.29) is 48.1 Å². The van der Waals surface area contributed by atoms with Crippen molar-refractivity contribution in [3.63, 3.8) is 0 Å². The Labute approximate surface area is 211 Å². The molecule has 1 aromatic rings. The molecule has 1 aromatic heterocycles. The van der Waals surface area contributed by atoms with E-state index in [0.717, 1.165) is 17.6 Å². The molecule has 6 rings (SSSR count). The third-order valence-electron chi connectivity index (χ3n) is 9.90. The maximum absolute atomic E-state index is 14.7. The van der Waals surface area contributed by atoms with Crippen LogP contribution in [0.4, 0.5) is 4.39 Å². The Hall–Kier alpha value is -2.03. The Bertz CT molecular complexity index is 1170. The first-order valence-electron chi connectivity index (χ1n) is 13.1.